The van der Waals surface area contributed by atoms with Gasteiger partial charge in [-0.3, -0.25) is 4.21 Å². The lowest BCUT2D eigenvalue weighted by atomic mass is 10.2. The van der Waals surface area contributed by atoms with Gasteiger partial charge >= 0.3 is 0 Å². The number of halogens is 1. The van der Waals surface area contributed by atoms with Gasteiger partial charge < -0.3 is 4.57 Å². The smallest absolute Gasteiger partial charge is 0.146 e. The molecule has 19 heavy (non-hydrogen) atoms. The zero-order valence-corrected chi connectivity index (χ0v) is 11.2. The molecule has 1 aromatic heterocycles. The van der Waals surface area contributed by atoms with Gasteiger partial charge in [-0.15, -0.1) is 10.2 Å². The van der Waals surface area contributed by atoms with Crippen LogP contribution in [0.15, 0.2) is 29.2 Å². The summed E-state index contributed by atoms with van der Waals surface area (Å²) in [5.41, 5.74) is 0. The highest BCUT2D eigenvalue weighted by Crippen LogP contribution is 2.18. The van der Waals surface area contributed by atoms with Crippen molar-refractivity contribution < 1.29 is 8.60 Å². The Kier molecular flexibility index (Phi) is 3.42. The molecule has 0 amide bonds. The van der Waals surface area contributed by atoms with Gasteiger partial charge in [-0.05, 0) is 25.0 Å². The largest absolute Gasteiger partial charge is 0.314 e. The third-order valence-electron chi connectivity index (χ3n) is 3.28. The van der Waals surface area contributed by atoms with Crippen LogP contribution in [0.1, 0.15) is 24.5 Å². The van der Waals surface area contributed by atoms with E-state index in [0.717, 1.165) is 31.6 Å². The number of aromatic nitrogens is 3. The summed E-state index contributed by atoms with van der Waals surface area (Å²) in [6, 6.07) is 6.16. The summed E-state index contributed by atoms with van der Waals surface area (Å²) < 4.78 is 27.8. The average Bonchev–Trinajstić information content (AvgIpc) is 2.83. The molecule has 0 N–H and O–H groups in total. The molecule has 2 aromatic rings. The fourth-order valence-electron chi connectivity index (χ4n) is 2.30. The van der Waals surface area contributed by atoms with Gasteiger partial charge in [0.2, 0.25) is 0 Å². The van der Waals surface area contributed by atoms with E-state index < -0.39 is 16.6 Å². The third-order valence-corrected chi connectivity index (χ3v) is 4.62. The number of nitrogens with zero attached hydrogens (tertiary/aromatic N) is 3. The van der Waals surface area contributed by atoms with Crippen LogP contribution in [0.5, 0.6) is 0 Å². The Bertz CT molecular complexity index is 626. The van der Waals surface area contributed by atoms with Crippen molar-refractivity contribution in [2.45, 2.75) is 36.5 Å². The molecule has 0 bridgehead atoms. The van der Waals surface area contributed by atoms with Crippen LogP contribution in [0.25, 0.3) is 0 Å². The minimum absolute atomic E-state index is 0.216. The van der Waals surface area contributed by atoms with Gasteiger partial charge in [-0.2, -0.15) is 0 Å². The van der Waals surface area contributed by atoms with Gasteiger partial charge in [0.1, 0.15) is 17.5 Å². The molecule has 0 fully saturated rings. The predicted molar refractivity (Wildman–Crippen MR) is 69.5 cm³/mol. The topological polar surface area (TPSA) is 47.8 Å². The van der Waals surface area contributed by atoms with Crippen molar-refractivity contribution in [2.24, 2.45) is 0 Å². The van der Waals surface area contributed by atoms with E-state index in [9.17, 15) is 8.60 Å². The van der Waals surface area contributed by atoms with E-state index in [4.69, 9.17) is 0 Å². The SMILES string of the molecule is O=S(Cc1nnc2n1CCCC2)c1ccccc1F. The Labute approximate surface area is 113 Å². The lowest BCUT2D eigenvalue weighted by Crippen LogP contribution is -2.14. The second kappa shape index (κ2) is 5.21. The fourth-order valence-corrected chi connectivity index (χ4v) is 3.42. The lowest BCUT2D eigenvalue weighted by molar-refractivity contribution is 0.512. The first kappa shape index (κ1) is 12.5. The molecule has 1 unspecified atom stereocenters. The molecule has 100 valence electrons. The van der Waals surface area contributed by atoms with Crippen molar-refractivity contribution in [3.8, 4) is 0 Å². The zero-order valence-electron chi connectivity index (χ0n) is 10.4. The average molecular weight is 279 g/mol. The van der Waals surface area contributed by atoms with Gasteiger partial charge in [0.25, 0.3) is 0 Å². The van der Waals surface area contributed by atoms with Crippen molar-refractivity contribution in [1.29, 1.82) is 0 Å². The van der Waals surface area contributed by atoms with Crippen molar-refractivity contribution in [2.75, 3.05) is 0 Å². The zero-order chi connectivity index (χ0) is 13.2. The van der Waals surface area contributed by atoms with Gasteiger partial charge in [0.05, 0.1) is 21.4 Å². The maximum atomic E-state index is 13.6. The second-order valence-corrected chi connectivity index (χ2v) is 5.98. The van der Waals surface area contributed by atoms with Crippen LogP contribution in [0, 0.1) is 5.82 Å². The van der Waals surface area contributed by atoms with Crippen molar-refractivity contribution in [1.82, 2.24) is 14.8 Å². The first-order valence-electron chi connectivity index (χ1n) is 6.29. The Morgan fingerprint density at radius 3 is 2.95 bits per heavy atom. The molecule has 1 aromatic carbocycles. The number of benzene rings is 1. The molecule has 0 radical (unpaired) electrons. The first-order chi connectivity index (χ1) is 9.25. The van der Waals surface area contributed by atoms with E-state index in [-0.39, 0.29) is 10.6 Å². The highest BCUT2D eigenvalue weighted by Gasteiger charge is 2.19. The van der Waals surface area contributed by atoms with E-state index in [1.54, 1.807) is 18.2 Å². The molecule has 1 aliphatic rings. The summed E-state index contributed by atoms with van der Waals surface area (Å²) >= 11 is 0. The van der Waals surface area contributed by atoms with Crippen LogP contribution in [-0.2, 0) is 29.5 Å². The van der Waals surface area contributed by atoms with Crippen LogP contribution < -0.4 is 0 Å². The van der Waals surface area contributed by atoms with Crippen LogP contribution >= 0.6 is 0 Å². The first-order valence-corrected chi connectivity index (χ1v) is 7.61. The van der Waals surface area contributed by atoms with Crippen molar-refractivity contribution >= 4 is 10.8 Å². The number of aryl methyl sites for hydroxylation is 1. The summed E-state index contributed by atoms with van der Waals surface area (Å²) in [4.78, 5) is 0.232. The van der Waals surface area contributed by atoms with Crippen LogP contribution in [0.2, 0.25) is 0 Å². The predicted octanol–water partition coefficient (Wildman–Crippen LogP) is 2.06. The molecule has 6 heteroatoms. The van der Waals surface area contributed by atoms with E-state index in [1.807, 2.05) is 4.57 Å². The van der Waals surface area contributed by atoms with Crippen LogP contribution in [0.3, 0.4) is 0 Å². The minimum Gasteiger partial charge on any atom is -0.314 e. The number of hydrogen-bond acceptors (Lipinski definition) is 3. The maximum absolute atomic E-state index is 13.6. The monoisotopic (exact) mass is 279 g/mol. The highest BCUT2D eigenvalue weighted by molar-refractivity contribution is 7.84. The molecule has 0 spiro atoms. The summed E-state index contributed by atoms with van der Waals surface area (Å²) in [6.45, 7) is 0.867. The Morgan fingerprint density at radius 1 is 1.26 bits per heavy atom. The van der Waals surface area contributed by atoms with Crippen molar-refractivity contribution in [3.05, 3.63) is 41.7 Å². The number of hydrogen-bond donors (Lipinski definition) is 0. The van der Waals surface area contributed by atoms with Crippen molar-refractivity contribution in [3.63, 3.8) is 0 Å². The second-order valence-electron chi connectivity index (χ2n) is 4.56. The lowest BCUT2D eigenvalue weighted by Gasteiger charge is -2.14. The van der Waals surface area contributed by atoms with Crippen LogP contribution in [0.4, 0.5) is 4.39 Å². The molecule has 0 aliphatic carbocycles. The molecular weight excluding hydrogens is 265 g/mol. The number of rotatable bonds is 3. The van der Waals surface area contributed by atoms with E-state index in [2.05, 4.69) is 10.2 Å². The fraction of sp³-hybridized carbons (Fsp3) is 0.385. The summed E-state index contributed by atoms with van der Waals surface area (Å²) in [7, 11) is -1.42. The molecule has 0 saturated heterocycles. The maximum Gasteiger partial charge on any atom is 0.146 e. The Hall–Kier alpha value is -1.56. The Morgan fingerprint density at radius 2 is 2.11 bits per heavy atom. The standard InChI is InChI=1S/C13H14FN3OS/c14-10-5-1-2-6-11(10)19(18)9-13-16-15-12-7-3-4-8-17(12)13/h1-2,5-6H,3-4,7-9H2. The summed E-state index contributed by atoms with van der Waals surface area (Å²) in [5, 5.41) is 8.20. The minimum atomic E-state index is -1.42. The summed E-state index contributed by atoms with van der Waals surface area (Å²) in [6.07, 6.45) is 3.12. The van der Waals surface area contributed by atoms with E-state index >= 15 is 0 Å². The molecule has 4 nitrogen and oxygen atoms in total. The number of fused-ring (bicyclic) bond motifs is 1. The van der Waals surface area contributed by atoms with Gasteiger partial charge in [0, 0.05) is 13.0 Å². The molecule has 1 atom stereocenters. The van der Waals surface area contributed by atoms with E-state index in [0.29, 0.717) is 5.82 Å². The van der Waals surface area contributed by atoms with Gasteiger partial charge in [0.15, 0.2) is 0 Å². The summed E-state index contributed by atoms with van der Waals surface area (Å²) in [5.74, 6) is 1.43. The molecular formula is C13H14FN3OS. The highest BCUT2D eigenvalue weighted by atomic mass is 32.2. The van der Waals surface area contributed by atoms with Crippen LogP contribution in [-0.4, -0.2) is 19.0 Å². The van der Waals surface area contributed by atoms with Gasteiger partial charge in [-0.1, -0.05) is 12.1 Å². The van der Waals surface area contributed by atoms with Gasteiger partial charge in [-0.25, -0.2) is 4.39 Å². The molecule has 2 heterocycles. The molecule has 1 aliphatic heterocycles. The molecule has 3 rings (SSSR count). The normalized spacial score (nSPS) is 16.1. The quantitative estimate of drug-likeness (QED) is 0.864. The van der Waals surface area contributed by atoms with E-state index in [1.165, 1.54) is 6.07 Å². The molecule has 0 saturated carbocycles. The Balaban J connectivity index is 1.84. The third kappa shape index (κ3) is 2.45.